The zero-order valence-electron chi connectivity index (χ0n) is 8.76. The first-order valence-corrected chi connectivity index (χ1v) is 4.58. The Balaban J connectivity index is 3.58. The second-order valence-electron chi connectivity index (χ2n) is 3.27. The van der Waals surface area contributed by atoms with Gasteiger partial charge in [0.2, 0.25) is 0 Å². The van der Waals surface area contributed by atoms with Crippen LogP contribution in [0.15, 0.2) is 12.1 Å². The first kappa shape index (κ1) is 13.5. The molecule has 94 valence electrons. The molecular formula is C10H6F2N2O4. The Morgan fingerprint density at radius 3 is 2.56 bits per heavy atom. The van der Waals surface area contributed by atoms with E-state index in [1.54, 1.807) is 0 Å². The third-order valence-corrected chi connectivity index (χ3v) is 2.17. The molecule has 0 aliphatic rings. The largest absolute Gasteiger partial charge is 0.481 e. The van der Waals surface area contributed by atoms with Crippen molar-refractivity contribution in [3.05, 3.63) is 38.9 Å². The predicted molar refractivity (Wildman–Crippen MR) is 54.1 cm³/mol. The number of halogens is 2. The molecule has 0 spiro atoms. The maximum absolute atomic E-state index is 12.8. The molecule has 0 saturated carbocycles. The topological polar surface area (TPSA) is 104 Å². The number of rotatable bonds is 4. The molecule has 0 aliphatic carbocycles. The number of nitriles is 1. The smallest absolute Gasteiger partial charge is 0.307 e. The van der Waals surface area contributed by atoms with E-state index in [1.165, 1.54) is 6.07 Å². The van der Waals surface area contributed by atoms with Crippen molar-refractivity contribution in [2.45, 2.75) is 12.8 Å². The van der Waals surface area contributed by atoms with Gasteiger partial charge in [0, 0.05) is 0 Å². The summed E-state index contributed by atoms with van der Waals surface area (Å²) in [6.07, 6.45) is -4.00. The Morgan fingerprint density at radius 1 is 1.56 bits per heavy atom. The summed E-state index contributed by atoms with van der Waals surface area (Å²) in [7, 11) is 0. The van der Waals surface area contributed by atoms with Gasteiger partial charge >= 0.3 is 5.97 Å². The van der Waals surface area contributed by atoms with Gasteiger partial charge in [-0.15, -0.1) is 0 Å². The number of nitro groups is 1. The van der Waals surface area contributed by atoms with Gasteiger partial charge in [-0.2, -0.15) is 5.26 Å². The monoisotopic (exact) mass is 256 g/mol. The van der Waals surface area contributed by atoms with Crippen LogP contribution >= 0.6 is 0 Å². The molecule has 1 N–H and O–H groups in total. The van der Waals surface area contributed by atoms with Gasteiger partial charge in [0.1, 0.15) is 17.2 Å². The van der Waals surface area contributed by atoms with Crippen LogP contribution in [0.4, 0.5) is 14.5 Å². The molecule has 0 atom stereocenters. The van der Waals surface area contributed by atoms with E-state index in [4.69, 9.17) is 10.4 Å². The van der Waals surface area contributed by atoms with Crippen molar-refractivity contribution in [2.24, 2.45) is 0 Å². The quantitative estimate of drug-likeness (QED) is 0.655. The minimum absolute atomic E-state index is 0.372. The van der Waals surface area contributed by atoms with Gasteiger partial charge in [-0.25, -0.2) is 8.78 Å². The SMILES string of the molecule is N#Cc1ccc(CC(=O)O)c(C(F)F)c1[N+](=O)[O-]. The summed E-state index contributed by atoms with van der Waals surface area (Å²) in [5.74, 6) is -1.39. The number of hydrogen-bond donors (Lipinski definition) is 1. The average Bonchev–Trinajstić information content (AvgIpc) is 2.26. The predicted octanol–water partition coefficient (Wildman–Crippen LogP) is 2.03. The molecule has 0 bridgehead atoms. The number of carboxylic acids is 1. The molecule has 0 fully saturated rings. The van der Waals surface area contributed by atoms with Crippen molar-refractivity contribution >= 4 is 11.7 Å². The summed E-state index contributed by atoms with van der Waals surface area (Å²) in [5, 5.41) is 27.9. The summed E-state index contributed by atoms with van der Waals surface area (Å²) in [5.41, 5.74) is -2.94. The Bertz CT molecular complexity index is 552. The number of aliphatic carboxylic acids is 1. The molecule has 0 aliphatic heterocycles. The Hall–Kier alpha value is -2.56. The normalized spacial score (nSPS) is 10.1. The lowest BCUT2D eigenvalue weighted by atomic mass is 9.99. The molecule has 0 radical (unpaired) electrons. The van der Waals surface area contributed by atoms with Gasteiger partial charge in [-0.3, -0.25) is 14.9 Å². The summed E-state index contributed by atoms with van der Waals surface area (Å²) in [6, 6.07) is 3.38. The minimum Gasteiger partial charge on any atom is -0.481 e. The van der Waals surface area contributed by atoms with Crippen LogP contribution in [0, 0.1) is 21.4 Å². The number of carboxylic acid groups (broad SMARTS) is 1. The van der Waals surface area contributed by atoms with Crippen molar-refractivity contribution in [3.63, 3.8) is 0 Å². The maximum Gasteiger partial charge on any atom is 0.307 e. The number of benzene rings is 1. The van der Waals surface area contributed by atoms with Crippen LogP contribution in [0.2, 0.25) is 0 Å². The number of alkyl halides is 2. The van der Waals surface area contributed by atoms with Crippen LogP contribution in [0.25, 0.3) is 0 Å². The lowest BCUT2D eigenvalue weighted by Crippen LogP contribution is -2.08. The van der Waals surface area contributed by atoms with E-state index in [2.05, 4.69) is 0 Å². The van der Waals surface area contributed by atoms with Gasteiger partial charge in [-0.05, 0) is 11.6 Å². The van der Waals surface area contributed by atoms with Crippen molar-refractivity contribution in [1.82, 2.24) is 0 Å². The van der Waals surface area contributed by atoms with E-state index in [0.717, 1.165) is 12.1 Å². The number of nitrogens with zero attached hydrogens (tertiary/aromatic N) is 2. The number of nitro benzene ring substituents is 1. The highest BCUT2D eigenvalue weighted by molar-refractivity contribution is 5.72. The highest BCUT2D eigenvalue weighted by Crippen LogP contribution is 2.35. The van der Waals surface area contributed by atoms with Crippen LogP contribution in [0.1, 0.15) is 23.1 Å². The Kier molecular flexibility index (Phi) is 3.89. The highest BCUT2D eigenvalue weighted by Gasteiger charge is 2.29. The summed E-state index contributed by atoms with van der Waals surface area (Å²) >= 11 is 0. The van der Waals surface area contributed by atoms with Crippen LogP contribution in [-0.4, -0.2) is 16.0 Å². The zero-order valence-corrected chi connectivity index (χ0v) is 8.76. The molecule has 18 heavy (non-hydrogen) atoms. The fourth-order valence-corrected chi connectivity index (χ4v) is 1.50. The molecular weight excluding hydrogens is 250 g/mol. The van der Waals surface area contributed by atoms with Crippen molar-refractivity contribution < 1.29 is 23.6 Å². The van der Waals surface area contributed by atoms with Crippen molar-refractivity contribution in [1.29, 1.82) is 5.26 Å². The molecule has 0 heterocycles. The fourth-order valence-electron chi connectivity index (χ4n) is 1.50. The standard InChI is InChI=1S/C10H6F2N2O4/c11-10(12)8-5(3-7(15)16)1-2-6(4-13)9(8)14(17)18/h1-2,10H,3H2,(H,15,16). The maximum atomic E-state index is 12.8. The lowest BCUT2D eigenvalue weighted by Gasteiger charge is -2.08. The number of carbonyl (C=O) groups is 1. The Labute approximate surface area is 99.2 Å². The average molecular weight is 256 g/mol. The van der Waals surface area contributed by atoms with Gasteiger partial charge in [-0.1, -0.05) is 6.07 Å². The first-order chi connectivity index (χ1) is 8.38. The van der Waals surface area contributed by atoms with E-state index in [-0.39, 0.29) is 5.56 Å². The molecule has 0 saturated heterocycles. The van der Waals surface area contributed by atoms with Crippen LogP contribution < -0.4 is 0 Å². The third-order valence-electron chi connectivity index (χ3n) is 2.17. The van der Waals surface area contributed by atoms with Crippen LogP contribution in [0.3, 0.4) is 0 Å². The summed E-state index contributed by atoms with van der Waals surface area (Å²) in [6.45, 7) is 0. The fraction of sp³-hybridized carbons (Fsp3) is 0.200. The minimum atomic E-state index is -3.23. The molecule has 1 aromatic rings. The highest BCUT2D eigenvalue weighted by atomic mass is 19.3. The van der Waals surface area contributed by atoms with Gasteiger partial charge < -0.3 is 5.11 Å². The van der Waals surface area contributed by atoms with Crippen molar-refractivity contribution in [2.75, 3.05) is 0 Å². The molecule has 8 heteroatoms. The summed E-state index contributed by atoms with van der Waals surface area (Å²) in [4.78, 5) is 20.1. The summed E-state index contributed by atoms with van der Waals surface area (Å²) < 4.78 is 25.6. The van der Waals surface area contributed by atoms with Crippen molar-refractivity contribution in [3.8, 4) is 6.07 Å². The van der Waals surface area contributed by atoms with E-state index < -0.39 is 40.6 Å². The van der Waals surface area contributed by atoms with Crippen LogP contribution in [0.5, 0.6) is 0 Å². The second-order valence-corrected chi connectivity index (χ2v) is 3.27. The van der Waals surface area contributed by atoms with E-state index in [9.17, 15) is 23.7 Å². The molecule has 1 rings (SSSR count). The first-order valence-electron chi connectivity index (χ1n) is 4.58. The number of hydrogen-bond acceptors (Lipinski definition) is 4. The van der Waals surface area contributed by atoms with E-state index >= 15 is 0 Å². The van der Waals surface area contributed by atoms with Crippen LogP contribution in [-0.2, 0) is 11.2 Å². The second kappa shape index (κ2) is 5.18. The molecule has 6 nitrogen and oxygen atoms in total. The molecule has 0 amide bonds. The third kappa shape index (κ3) is 2.57. The molecule has 1 aromatic carbocycles. The van der Waals surface area contributed by atoms with Gasteiger partial charge in [0.05, 0.1) is 11.3 Å². The molecule has 0 aromatic heterocycles. The Morgan fingerprint density at radius 2 is 2.17 bits per heavy atom. The van der Waals surface area contributed by atoms with E-state index in [0.29, 0.717) is 0 Å². The lowest BCUT2D eigenvalue weighted by molar-refractivity contribution is -0.386. The van der Waals surface area contributed by atoms with Gasteiger partial charge in [0.15, 0.2) is 0 Å². The van der Waals surface area contributed by atoms with Gasteiger partial charge in [0.25, 0.3) is 12.1 Å². The van der Waals surface area contributed by atoms with E-state index in [1.807, 2.05) is 0 Å². The molecule has 0 unspecified atom stereocenters. The zero-order chi connectivity index (χ0) is 13.9.